The Morgan fingerprint density at radius 1 is 1.27 bits per heavy atom. The maximum atomic E-state index is 15.0. The minimum atomic E-state index is -0.697. The van der Waals surface area contributed by atoms with Gasteiger partial charge in [-0.15, -0.1) is 0 Å². The summed E-state index contributed by atoms with van der Waals surface area (Å²) in [5, 5.41) is 9.82. The molecule has 0 spiro atoms. The molecule has 200 valence electrons. The maximum absolute atomic E-state index is 15.0. The lowest BCUT2D eigenvalue weighted by Crippen LogP contribution is -2.48. The first-order valence-corrected chi connectivity index (χ1v) is 13.3. The molecular weight excluding hydrogens is 474 g/mol. The van der Waals surface area contributed by atoms with Gasteiger partial charge in [0.15, 0.2) is 5.78 Å². The molecule has 37 heavy (non-hydrogen) atoms. The van der Waals surface area contributed by atoms with E-state index >= 15 is 4.39 Å². The molecular formula is C28H38BFN2O5. The number of Topliss-reactive ketones (excluding diaryl/α,β-unsaturated/α-hetero) is 1. The summed E-state index contributed by atoms with van der Waals surface area (Å²) in [6.07, 6.45) is 3.09. The van der Waals surface area contributed by atoms with Crippen molar-refractivity contribution >= 4 is 24.5 Å². The molecule has 0 unspecified atom stereocenters. The van der Waals surface area contributed by atoms with Crippen LogP contribution in [0.5, 0.6) is 0 Å². The molecule has 2 bridgehead atoms. The highest BCUT2D eigenvalue weighted by Crippen LogP contribution is 2.42. The zero-order chi connectivity index (χ0) is 27.0. The van der Waals surface area contributed by atoms with E-state index in [0.29, 0.717) is 24.2 Å². The molecule has 3 fully saturated rings. The summed E-state index contributed by atoms with van der Waals surface area (Å²) in [5.41, 5.74) is 0.212. The van der Waals surface area contributed by atoms with Crippen molar-refractivity contribution in [3.8, 4) is 6.07 Å². The molecule has 0 aromatic heterocycles. The van der Waals surface area contributed by atoms with Crippen LogP contribution in [0.4, 0.5) is 9.18 Å². The monoisotopic (exact) mass is 512 g/mol. The molecule has 1 saturated carbocycles. The van der Waals surface area contributed by atoms with E-state index in [4.69, 9.17) is 14.0 Å². The Morgan fingerprint density at radius 2 is 1.97 bits per heavy atom. The first-order chi connectivity index (χ1) is 17.4. The van der Waals surface area contributed by atoms with Crippen LogP contribution in [0.1, 0.15) is 72.3 Å². The van der Waals surface area contributed by atoms with Crippen molar-refractivity contribution in [3.05, 3.63) is 29.6 Å². The van der Waals surface area contributed by atoms with Gasteiger partial charge in [-0.2, -0.15) is 5.26 Å². The molecule has 4 atom stereocenters. The number of likely N-dealkylation sites (tertiary alicyclic amines) is 1. The van der Waals surface area contributed by atoms with Crippen LogP contribution in [0.15, 0.2) is 18.2 Å². The summed E-state index contributed by atoms with van der Waals surface area (Å²) in [6, 6.07) is 6.37. The highest BCUT2D eigenvalue weighted by atomic mass is 19.1. The van der Waals surface area contributed by atoms with Crippen LogP contribution in [-0.4, -0.2) is 54.8 Å². The van der Waals surface area contributed by atoms with Crippen LogP contribution in [0.3, 0.4) is 0 Å². The number of rotatable bonds is 6. The summed E-state index contributed by atoms with van der Waals surface area (Å²) in [7, 11) is -0.620. The number of nitrogens with zero attached hydrogens (tertiary/aromatic N) is 2. The van der Waals surface area contributed by atoms with Gasteiger partial charge in [0, 0.05) is 31.1 Å². The standard InChI is InChI=1S/C28H38BFN2O5/c1-27(2,3)37-26(34)32-22-8-6-7-20(13-22)25(32)24(33)12-18(15-31)11-19-9-10-21(14-23(19)30)29-35-16-28(4,5)17-36-29/h9-10,14,18,20,22,25H,6-8,11-13,16-17H2,1-5H3/t18-,20+,22-,25+/m1/s1. The van der Waals surface area contributed by atoms with E-state index in [-0.39, 0.29) is 36.0 Å². The fraction of sp³-hybridized carbons (Fsp3) is 0.679. The van der Waals surface area contributed by atoms with E-state index in [9.17, 15) is 14.9 Å². The average Bonchev–Trinajstić information content (AvgIpc) is 3.08. The minimum Gasteiger partial charge on any atom is -0.444 e. The largest absolute Gasteiger partial charge is 0.494 e. The summed E-state index contributed by atoms with van der Waals surface area (Å²) in [5.74, 6) is -1.21. The van der Waals surface area contributed by atoms with Gasteiger partial charge in [0.1, 0.15) is 11.4 Å². The van der Waals surface area contributed by atoms with Crippen LogP contribution < -0.4 is 5.46 Å². The number of hydrogen-bond donors (Lipinski definition) is 0. The lowest BCUT2D eigenvalue weighted by atomic mass is 9.75. The Bertz CT molecular complexity index is 1060. The first kappa shape index (κ1) is 27.6. The van der Waals surface area contributed by atoms with Gasteiger partial charge in [-0.25, -0.2) is 9.18 Å². The second-order valence-electron chi connectivity index (χ2n) is 12.6. The molecule has 2 aliphatic heterocycles. The Labute approximate surface area is 219 Å². The number of hydrogen-bond acceptors (Lipinski definition) is 6. The minimum absolute atomic E-state index is 0.0112. The number of carbonyl (C=O) groups excluding carboxylic acids is 2. The van der Waals surface area contributed by atoms with Gasteiger partial charge in [0.2, 0.25) is 0 Å². The van der Waals surface area contributed by atoms with Crippen molar-refractivity contribution < 1.29 is 28.0 Å². The van der Waals surface area contributed by atoms with Gasteiger partial charge >= 0.3 is 13.2 Å². The van der Waals surface area contributed by atoms with Gasteiger partial charge < -0.3 is 14.0 Å². The van der Waals surface area contributed by atoms with Crippen LogP contribution >= 0.6 is 0 Å². The van der Waals surface area contributed by atoms with Gasteiger partial charge in [-0.05, 0) is 69.5 Å². The van der Waals surface area contributed by atoms with Gasteiger partial charge in [-0.1, -0.05) is 32.4 Å². The van der Waals surface area contributed by atoms with Gasteiger partial charge in [-0.3, -0.25) is 9.69 Å². The molecule has 0 N–H and O–H groups in total. The van der Waals surface area contributed by atoms with E-state index < -0.39 is 36.6 Å². The number of carbonyl (C=O) groups is 2. The number of ketones is 1. The molecule has 1 aromatic carbocycles. The second-order valence-corrected chi connectivity index (χ2v) is 12.6. The Hall–Kier alpha value is -2.44. The average molecular weight is 512 g/mol. The quantitative estimate of drug-likeness (QED) is 0.525. The smallest absolute Gasteiger partial charge is 0.444 e. The molecule has 1 amide bonds. The highest BCUT2D eigenvalue weighted by Gasteiger charge is 2.50. The number of benzene rings is 1. The Balaban J connectivity index is 1.43. The number of nitriles is 1. The highest BCUT2D eigenvalue weighted by molar-refractivity contribution is 6.61. The third-order valence-corrected chi connectivity index (χ3v) is 7.46. The van der Waals surface area contributed by atoms with Gasteiger partial charge in [0.05, 0.1) is 18.0 Å². The van der Waals surface area contributed by atoms with Crippen LogP contribution in [-0.2, 0) is 25.3 Å². The number of ether oxygens (including phenoxy) is 1. The van der Waals surface area contributed by atoms with Crippen molar-refractivity contribution in [3.63, 3.8) is 0 Å². The normalized spacial score (nSPS) is 25.9. The van der Waals surface area contributed by atoms with Crippen molar-refractivity contribution in [1.29, 1.82) is 5.26 Å². The van der Waals surface area contributed by atoms with Crippen LogP contribution in [0.2, 0.25) is 0 Å². The first-order valence-electron chi connectivity index (χ1n) is 13.3. The van der Waals surface area contributed by atoms with E-state index in [1.165, 1.54) is 6.07 Å². The fourth-order valence-electron chi connectivity index (χ4n) is 5.74. The maximum Gasteiger partial charge on any atom is 0.494 e. The Kier molecular flexibility index (Phi) is 8.01. The van der Waals surface area contributed by atoms with Crippen molar-refractivity contribution in [2.75, 3.05) is 13.2 Å². The third-order valence-electron chi connectivity index (χ3n) is 7.46. The van der Waals surface area contributed by atoms with Crippen molar-refractivity contribution in [2.45, 2.75) is 90.8 Å². The predicted octanol–water partition coefficient (Wildman–Crippen LogP) is 4.41. The Morgan fingerprint density at radius 3 is 2.59 bits per heavy atom. The number of fused-ring (bicyclic) bond motifs is 2. The molecule has 0 radical (unpaired) electrons. The van der Waals surface area contributed by atoms with E-state index in [0.717, 1.165) is 25.7 Å². The van der Waals surface area contributed by atoms with Crippen LogP contribution in [0, 0.1) is 34.4 Å². The number of halogens is 1. The predicted molar refractivity (Wildman–Crippen MR) is 138 cm³/mol. The van der Waals surface area contributed by atoms with E-state index in [1.54, 1.807) is 17.0 Å². The third kappa shape index (κ3) is 6.53. The lowest BCUT2D eigenvalue weighted by molar-refractivity contribution is -0.125. The lowest BCUT2D eigenvalue weighted by Gasteiger charge is -2.33. The van der Waals surface area contributed by atoms with Crippen molar-refractivity contribution in [1.82, 2.24) is 4.90 Å². The molecule has 2 heterocycles. The zero-order valence-electron chi connectivity index (χ0n) is 22.6. The molecule has 7 nitrogen and oxygen atoms in total. The van der Waals surface area contributed by atoms with Gasteiger partial charge in [0.25, 0.3) is 0 Å². The molecule has 3 aliphatic rings. The summed E-state index contributed by atoms with van der Waals surface area (Å²) in [4.78, 5) is 28.1. The molecule has 1 aliphatic carbocycles. The summed E-state index contributed by atoms with van der Waals surface area (Å²) in [6.45, 7) is 10.5. The molecule has 4 rings (SSSR count). The SMILES string of the molecule is CC1(C)COB(c2ccc(C[C@@H](C#N)CC(=O)[C@@H]3[C@H]4CCC[C@H](C4)N3C(=O)OC(C)(C)C)c(F)c2)OC1. The topological polar surface area (TPSA) is 88.9 Å². The summed E-state index contributed by atoms with van der Waals surface area (Å²) < 4.78 is 32.1. The second kappa shape index (κ2) is 10.7. The molecule has 2 saturated heterocycles. The van der Waals surface area contributed by atoms with E-state index in [1.807, 2.05) is 34.6 Å². The number of amides is 1. The van der Waals surface area contributed by atoms with Crippen LogP contribution in [0.25, 0.3) is 0 Å². The van der Waals surface area contributed by atoms with E-state index in [2.05, 4.69) is 6.07 Å². The zero-order valence-corrected chi connectivity index (χ0v) is 22.6. The fourth-order valence-corrected chi connectivity index (χ4v) is 5.74. The summed E-state index contributed by atoms with van der Waals surface area (Å²) >= 11 is 0. The molecule has 9 heteroatoms. The van der Waals surface area contributed by atoms with Crippen molar-refractivity contribution in [2.24, 2.45) is 17.3 Å². The molecule has 1 aromatic rings.